The number of hydrogen-bond donors (Lipinski definition) is 1. The van der Waals surface area contributed by atoms with Gasteiger partial charge in [-0.25, -0.2) is 0 Å². The lowest BCUT2D eigenvalue weighted by Gasteiger charge is -1.99. The van der Waals surface area contributed by atoms with E-state index in [1.165, 1.54) is 0 Å². The highest BCUT2D eigenvalue weighted by Gasteiger charge is 1.85. The Hall–Kier alpha value is -0.890. The largest absolute Gasteiger partial charge is 0.314 e. The first-order valence-corrected chi connectivity index (χ1v) is 4.26. The minimum absolute atomic E-state index is 0.415. The third kappa shape index (κ3) is 7.22. The molecule has 0 aliphatic carbocycles. The van der Waals surface area contributed by atoms with Gasteiger partial charge in [0.25, 0.3) is 0 Å². The molecule has 1 N–H and O–H groups in total. The molecule has 68 valence electrons. The molecule has 0 radical (unpaired) electrons. The highest BCUT2D eigenvalue weighted by atomic mass is 14.8. The van der Waals surface area contributed by atoms with E-state index in [9.17, 15) is 0 Å². The summed E-state index contributed by atoms with van der Waals surface area (Å²) >= 11 is 0. The van der Waals surface area contributed by atoms with Crippen LogP contribution in [-0.4, -0.2) is 25.8 Å². The van der Waals surface area contributed by atoms with Gasteiger partial charge < -0.3 is 5.32 Å². The molecule has 0 amide bonds. The van der Waals surface area contributed by atoms with Crippen molar-refractivity contribution in [1.82, 2.24) is 5.32 Å². The number of hydrogen-bond acceptors (Lipinski definition) is 2. The van der Waals surface area contributed by atoms with Crippen molar-refractivity contribution in [2.45, 2.75) is 19.9 Å². The number of nitrogens with one attached hydrogen (secondary N) is 1. The number of allylic oxidation sites excluding steroid dienone is 2. The fourth-order valence-electron chi connectivity index (χ4n) is 0.601. The van der Waals surface area contributed by atoms with Gasteiger partial charge in [0.1, 0.15) is 0 Å². The first-order valence-electron chi connectivity index (χ1n) is 4.26. The Morgan fingerprint density at radius 2 is 2.25 bits per heavy atom. The molecule has 0 saturated heterocycles. The second kappa shape index (κ2) is 8.21. The van der Waals surface area contributed by atoms with Gasteiger partial charge in [0.05, 0.1) is 6.54 Å². The van der Waals surface area contributed by atoms with Crippen LogP contribution in [0.5, 0.6) is 0 Å². The molecule has 0 fully saturated rings. The second-order valence-corrected chi connectivity index (χ2v) is 2.55. The average Bonchev–Trinajstić information content (AvgIpc) is 2.10. The van der Waals surface area contributed by atoms with E-state index in [2.05, 4.69) is 23.3 Å². The van der Waals surface area contributed by atoms with E-state index in [1.54, 1.807) is 0 Å². The van der Waals surface area contributed by atoms with Gasteiger partial charge in [-0.1, -0.05) is 18.2 Å². The number of rotatable bonds is 5. The quantitative estimate of drug-likeness (QED) is 0.489. The number of likely N-dealkylation sites (N-methyl/N-ethyl adjacent to an activating group) is 1. The monoisotopic (exact) mass is 166 g/mol. The van der Waals surface area contributed by atoms with Crippen molar-refractivity contribution in [3.63, 3.8) is 0 Å². The fraction of sp³-hybridized carbons (Fsp3) is 0.500. The van der Waals surface area contributed by atoms with Gasteiger partial charge in [0.2, 0.25) is 0 Å². The molecule has 1 atom stereocenters. The lowest BCUT2D eigenvalue weighted by molar-refractivity contribution is 0.729. The SMILES string of the molecule is C/C=C\C/N=C\C=C/C(C)NC. The van der Waals surface area contributed by atoms with Crippen molar-refractivity contribution in [3.8, 4) is 0 Å². The van der Waals surface area contributed by atoms with Crippen molar-refractivity contribution >= 4 is 6.21 Å². The normalized spacial score (nSPS) is 15.2. The number of aliphatic imine (C=N–C) groups is 1. The first-order chi connectivity index (χ1) is 5.81. The standard InChI is InChI=1S/C10H18N2/c1-4-5-8-12-9-6-7-10(2)11-3/h4-7,9-11H,8H2,1-3H3/b5-4-,7-6-,12-9-. The van der Waals surface area contributed by atoms with E-state index in [0.29, 0.717) is 6.04 Å². The summed E-state index contributed by atoms with van der Waals surface area (Å²) in [5.74, 6) is 0. The Morgan fingerprint density at radius 3 is 2.83 bits per heavy atom. The molecule has 2 nitrogen and oxygen atoms in total. The highest BCUT2D eigenvalue weighted by Crippen LogP contribution is 1.81. The van der Waals surface area contributed by atoms with E-state index in [1.807, 2.05) is 38.4 Å². The van der Waals surface area contributed by atoms with Gasteiger partial charge in [-0.05, 0) is 27.0 Å². The Kier molecular flexibility index (Phi) is 7.60. The first kappa shape index (κ1) is 11.1. The van der Waals surface area contributed by atoms with E-state index in [4.69, 9.17) is 0 Å². The summed E-state index contributed by atoms with van der Waals surface area (Å²) in [5, 5.41) is 3.10. The van der Waals surface area contributed by atoms with Gasteiger partial charge in [0, 0.05) is 12.3 Å². The summed E-state index contributed by atoms with van der Waals surface area (Å²) in [6.45, 7) is 4.86. The maximum atomic E-state index is 4.14. The summed E-state index contributed by atoms with van der Waals surface area (Å²) in [6, 6.07) is 0.415. The molecule has 0 aromatic carbocycles. The van der Waals surface area contributed by atoms with Crippen LogP contribution in [0.15, 0.2) is 29.3 Å². The van der Waals surface area contributed by atoms with Gasteiger partial charge in [-0.2, -0.15) is 0 Å². The van der Waals surface area contributed by atoms with Gasteiger partial charge >= 0.3 is 0 Å². The Balaban J connectivity index is 3.51. The summed E-state index contributed by atoms with van der Waals surface area (Å²) < 4.78 is 0. The summed E-state index contributed by atoms with van der Waals surface area (Å²) in [7, 11) is 1.94. The predicted octanol–water partition coefficient (Wildman–Crippen LogP) is 1.80. The van der Waals surface area contributed by atoms with Gasteiger partial charge in [-0.15, -0.1) is 0 Å². The van der Waals surface area contributed by atoms with Crippen LogP contribution < -0.4 is 5.32 Å². The van der Waals surface area contributed by atoms with Crippen LogP contribution in [0.4, 0.5) is 0 Å². The number of nitrogens with zero attached hydrogens (tertiary/aromatic N) is 1. The molecular formula is C10H18N2. The summed E-state index contributed by atoms with van der Waals surface area (Å²) in [5.41, 5.74) is 0. The molecule has 1 unspecified atom stereocenters. The Bertz CT molecular complexity index is 169. The topological polar surface area (TPSA) is 24.4 Å². The molecule has 2 heteroatoms. The molecule has 0 rings (SSSR count). The van der Waals surface area contributed by atoms with Gasteiger partial charge in [-0.3, -0.25) is 4.99 Å². The van der Waals surface area contributed by atoms with E-state index >= 15 is 0 Å². The molecule has 12 heavy (non-hydrogen) atoms. The lowest BCUT2D eigenvalue weighted by Crippen LogP contribution is -2.17. The van der Waals surface area contributed by atoms with Crippen molar-refractivity contribution in [3.05, 3.63) is 24.3 Å². The smallest absolute Gasteiger partial charge is 0.0570 e. The molecule has 0 bridgehead atoms. The van der Waals surface area contributed by atoms with Crippen LogP contribution >= 0.6 is 0 Å². The highest BCUT2D eigenvalue weighted by molar-refractivity contribution is 5.71. The van der Waals surface area contributed by atoms with E-state index < -0.39 is 0 Å². The van der Waals surface area contributed by atoms with Crippen LogP contribution in [-0.2, 0) is 0 Å². The van der Waals surface area contributed by atoms with Crippen LogP contribution in [0.3, 0.4) is 0 Å². The van der Waals surface area contributed by atoms with Crippen molar-refractivity contribution in [1.29, 1.82) is 0 Å². The molecule has 0 aliphatic heterocycles. The van der Waals surface area contributed by atoms with Crippen molar-refractivity contribution < 1.29 is 0 Å². The zero-order valence-corrected chi connectivity index (χ0v) is 8.12. The molecule has 0 spiro atoms. The van der Waals surface area contributed by atoms with Gasteiger partial charge in [0.15, 0.2) is 0 Å². The minimum Gasteiger partial charge on any atom is -0.314 e. The molecule has 0 saturated carbocycles. The summed E-state index contributed by atoms with van der Waals surface area (Å²) in [6.07, 6.45) is 9.88. The zero-order valence-electron chi connectivity index (χ0n) is 8.12. The predicted molar refractivity (Wildman–Crippen MR) is 55.8 cm³/mol. The summed E-state index contributed by atoms with van der Waals surface area (Å²) in [4.78, 5) is 4.14. The third-order valence-electron chi connectivity index (χ3n) is 1.49. The van der Waals surface area contributed by atoms with Crippen LogP contribution in [0, 0.1) is 0 Å². The molecule has 0 aromatic rings. The van der Waals surface area contributed by atoms with Crippen LogP contribution in [0.25, 0.3) is 0 Å². The average molecular weight is 166 g/mol. The second-order valence-electron chi connectivity index (χ2n) is 2.55. The minimum atomic E-state index is 0.415. The van der Waals surface area contributed by atoms with Crippen molar-refractivity contribution in [2.24, 2.45) is 4.99 Å². The maximum absolute atomic E-state index is 4.14. The van der Waals surface area contributed by atoms with E-state index in [-0.39, 0.29) is 0 Å². The third-order valence-corrected chi connectivity index (χ3v) is 1.49. The molecule has 0 aromatic heterocycles. The Morgan fingerprint density at radius 1 is 1.50 bits per heavy atom. The maximum Gasteiger partial charge on any atom is 0.0570 e. The Labute approximate surface area is 75.1 Å². The fourth-order valence-corrected chi connectivity index (χ4v) is 0.601. The van der Waals surface area contributed by atoms with Crippen LogP contribution in [0.1, 0.15) is 13.8 Å². The molecule has 0 heterocycles. The lowest BCUT2D eigenvalue weighted by atomic mass is 10.3. The van der Waals surface area contributed by atoms with Crippen LogP contribution in [0.2, 0.25) is 0 Å². The van der Waals surface area contributed by atoms with E-state index in [0.717, 1.165) is 6.54 Å². The molecule has 0 aliphatic rings. The molecular weight excluding hydrogens is 148 g/mol. The van der Waals surface area contributed by atoms with Crippen molar-refractivity contribution in [2.75, 3.05) is 13.6 Å². The zero-order chi connectivity index (χ0) is 9.23.